The molecule has 0 spiro atoms. The zero-order valence-electron chi connectivity index (χ0n) is 19.0. The van der Waals surface area contributed by atoms with Gasteiger partial charge in [-0.15, -0.1) is 0 Å². The topological polar surface area (TPSA) is 87.8 Å². The second kappa shape index (κ2) is 9.77. The molecule has 170 valence electrons. The minimum absolute atomic E-state index is 0.0000292. The van der Waals surface area contributed by atoms with Crippen LogP contribution in [0.25, 0.3) is 11.1 Å². The summed E-state index contributed by atoms with van der Waals surface area (Å²) in [6.45, 7) is 1.44. The second-order valence-corrected chi connectivity index (χ2v) is 8.42. The van der Waals surface area contributed by atoms with E-state index >= 15 is 0 Å². The lowest BCUT2D eigenvalue weighted by molar-refractivity contribution is 0.150. The Bertz CT molecular complexity index is 1290. The Hall–Kier alpha value is -4.15. The summed E-state index contributed by atoms with van der Waals surface area (Å²) in [4.78, 5) is 4.60. The number of nitrogens with zero attached hydrogens (tertiary/aromatic N) is 4. The molecule has 34 heavy (non-hydrogen) atoms. The van der Waals surface area contributed by atoms with Crippen molar-refractivity contribution in [2.45, 2.75) is 18.6 Å². The fourth-order valence-electron chi connectivity index (χ4n) is 4.22. The summed E-state index contributed by atoms with van der Waals surface area (Å²) >= 11 is 0. The summed E-state index contributed by atoms with van der Waals surface area (Å²) < 4.78 is 8.17. The first-order chi connectivity index (χ1) is 16.7. The van der Waals surface area contributed by atoms with Crippen molar-refractivity contribution in [3.8, 4) is 23.1 Å². The van der Waals surface area contributed by atoms with Crippen molar-refractivity contribution >= 4 is 5.69 Å². The van der Waals surface area contributed by atoms with Crippen molar-refractivity contribution < 1.29 is 4.74 Å². The standard InChI is InChI=1S/C27H26N6O/c1-33-18-23(16-32-33)22-13-24-27(31-15-22)34-25(17-30-24)26(21-5-3-2-4-6-21)29-12-11-19-7-9-20(14-28)10-8-19/h2-10,13,15-16,18,25-26,29-30H,11-12,17H2,1H3/t25?,26-/m1/s1. The maximum absolute atomic E-state index is 9.00. The number of nitriles is 1. The van der Waals surface area contributed by atoms with Crippen LogP contribution in [0.1, 0.15) is 22.7 Å². The van der Waals surface area contributed by atoms with Crippen LogP contribution >= 0.6 is 0 Å². The molecule has 0 amide bonds. The zero-order valence-corrected chi connectivity index (χ0v) is 19.0. The molecule has 1 aliphatic heterocycles. The first-order valence-electron chi connectivity index (χ1n) is 11.4. The maximum Gasteiger partial charge on any atom is 0.237 e. The fourth-order valence-corrected chi connectivity index (χ4v) is 4.22. The van der Waals surface area contributed by atoms with Crippen LogP contribution in [-0.4, -0.2) is 34.0 Å². The number of hydrogen-bond donors (Lipinski definition) is 2. The number of rotatable bonds is 7. The van der Waals surface area contributed by atoms with E-state index in [9.17, 15) is 0 Å². The molecule has 2 N–H and O–H groups in total. The summed E-state index contributed by atoms with van der Waals surface area (Å²) in [6.07, 6.45) is 6.37. The molecule has 7 nitrogen and oxygen atoms in total. The smallest absolute Gasteiger partial charge is 0.237 e. The Morgan fingerprint density at radius 1 is 1.15 bits per heavy atom. The molecule has 5 rings (SSSR count). The summed E-state index contributed by atoms with van der Waals surface area (Å²) in [7, 11) is 1.90. The number of aryl methyl sites for hydroxylation is 1. The summed E-state index contributed by atoms with van der Waals surface area (Å²) in [5.41, 5.74) is 5.95. The van der Waals surface area contributed by atoms with Crippen LogP contribution in [0.4, 0.5) is 5.69 Å². The molecule has 1 unspecified atom stereocenters. The molecule has 0 saturated heterocycles. The highest BCUT2D eigenvalue weighted by Crippen LogP contribution is 2.34. The normalized spacial score (nSPS) is 15.5. The quantitative estimate of drug-likeness (QED) is 0.441. The SMILES string of the molecule is Cn1cc(-c2cnc3c(c2)NCC([C@H](NCCc2ccc(C#N)cc2)c2ccccc2)O3)cn1. The van der Waals surface area contributed by atoms with Gasteiger partial charge in [0.05, 0.1) is 36.1 Å². The van der Waals surface area contributed by atoms with E-state index in [1.54, 1.807) is 4.68 Å². The highest BCUT2D eigenvalue weighted by Gasteiger charge is 2.29. The summed E-state index contributed by atoms with van der Waals surface area (Å²) in [6, 6.07) is 22.3. The van der Waals surface area contributed by atoms with Crippen molar-refractivity contribution in [3.05, 3.63) is 95.9 Å². The van der Waals surface area contributed by atoms with Gasteiger partial charge in [0.15, 0.2) is 0 Å². The molecule has 0 bridgehead atoms. The average Bonchev–Trinajstić information content (AvgIpc) is 3.33. The Morgan fingerprint density at radius 2 is 1.97 bits per heavy atom. The lowest BCUT2D eigenvalue weighted by Gasteiger charge is -2.33. The number of aromatic nitrogens is 3. The molecule has 1 aliphatic rings. The van der Waals surface area contributed by atoms with Crippen molar-refractivity contribution in [2.24, 2.45) is 7.05 Å². The first-order valence-corrected chi connectivity index (χ1v) is 11.4. The highest BCUT2D eigenvalue weighted by atomic mass is 16.5. The number of fused-ring (bicyclic) bond motifs is 1. The molecule has 4 aromatic rings. The summed E-state index contributed by atoms with van der Waals surface area (Å²) in [5.74, 6) is 0.610. The van der Waals surface area contributed by atoms with Crippen LogP contribution in [0.2, 0.25) is 0 Å². The van der Waals surface area contributed by atoms with Gasteiger partial charge < -0.3 is 15.4 Å². The molecule has 7 heteroatoms. The predicted molar refractivity (Wildman–Crippen MR) is 131 cm³/mol. The predicted octanol–water partition coefficient (Wildman–Crippen LogP) is 4.10. The zero-order chi connectivity index (χ0) is 23.3. The third kappa shape index (κ3) is 4.77. The number of nitrogens with one attached hydrogen (secondary N) is 2. The van der Waals surface area contributed by atoms with Crippen molar-refractivity contribution in [2.75, 3.05) is 18.4 Å². The Balaban J connectivity index is 1.30. The number of benzene rings is 2. The maximum atomic E-state index is 9.00. The molecular formula is C27H26N6O. The number of hydrogen-bond acceptors (Lipinski definition) is 6. The minimum Gasteiger partial charge on any atom is -0.469 e. The number of ether oxygens (including phenoxy) is 1. The molecule has 0 radical (unpaired) electrons. The number of pyridine rings is 1. The molecule has 2 atom stereocenters. The van der Waals surface area contributed by atoms with Gasteiger partial charge in [0.1, 0.15) is 6.10 Å². The summed E-state index contributed by atoms with van der Waals surface area (Å²) in [5, 5.41) is 20.4. The van der Waals surface area contributed by atoms with E-state index in [2.05, 4.69) is 45.0 Å². The van der Waals surface area contributed by atoms with E-state index in [1.165, 1.54) is 11.1 Å². The van der Waals surface area contributed by atoms with E-state index < -0.39 is 0 Å². The molecule has 0 aliphatic carbocycles. The van der Waals surface area contributed by atoms with Gasteiger partial charge in [-0.2, -0.15) is 10.4 Å². The van der Waals surface area contributed by atoms with Crippen molar-refractivity contribution in [1.82, 2.24) is 20.1 Å². The van der Waals surface area contributed by atoms with Gasteiger partial charge in [0.2, 0.25) is 5.88 Å². The lowest BCUT2D eigenvalue weighted by Crippen LogP contribution is -2.43. The average molecular weight is 451 g/mol. The molecule has 0 saturated carbocycles. The van der Waals surface area contributed by atoms with Crippen LogP contribution in [0, 0.1) is 11.3 Å². The largest absolute Gasteiger partial charge is 0.469 e. The van der Waals surface area contributed by atoms with E-state index in [4.69, 9.17) is 10.00 Å². The molecule has 2 aromatic carbocycles. The van der Waals surface area contributed by atoms with E-state index in [-0.39, 0.29) is 12.1 Å². The van der Waals surface area contributed by atoms with Crippen LogP contribution in [0.5, 0.6) is 5.88 Å². The van der Waals surface area contributed by atoms with Crippen LogP contribution in [0.15, 0.2) is 79.3 Å². The van der Waals surface area contributed by atoms with Crippen molar-refractivity contribution in [3.63, 3.8) is 0 Å². The van der Waals surface area contributed by atoms with E-state index in [1.807, 2.05) is 68.1 Å². The Kier molecular flexibility index (Phi) is 6.23. The van der Waals surface area contributed by atoms with Gasteiger partial charge in [0.25, 0.3) is 0 Å². The van der Waals surface area contributed by atoms with Crippen LogP contribution in [0.3, 0.4) is 0 Å². The lowest BCUT2D eigenvalue weighted by atomic mass is 9.99. The Morgan fingerprint density at radius 3 is 2.71 bits per heavy atom. The van der Waals surface area contributed by atoms with E-state index in [0.717, 1.165) is 29.8 Å². The van der Waals surface area contributed by atoms with Gasteiger partial charge in [-0.25, -0.2) is 4.98 Å². The second-order valence-electron chi connectivity index (χ2n) is 8.42. The molecule has 3 heterocycles. The number of anilines is 1. The van der Waals surface area contributed by atoms with Gasteiger partial charge in [-0.1, -0.05) is 42.5 Å². The monoisotopic (exact) mass is 450 g/mol. The molecule has 0 fully saturated rings. The van der Waals surface area contributed by atoms with Gasteiger partial charge in [-0.3, -0.25) is 4.68 Å². The Labute approximate surface area is 199 Å². The first kappa shape index (κ1) is 21.7. The van der Waals surface area contributed by atoms with Crippen molar-refractivity contribution in [1.29, 1.82) is 5.26 Å². The van der Waals surface area contributed by atoms with Gasteiger partial charge in [-0.05, 0) is 42.3 Å². The van der Waals surface area contributed by atoms with Crippen LogP contribution in [-0.2, 0) is 13.5 Å². The third-order valence-electron chi connectivity index (χ3n) is 6.04. The van der Waals surface area contributed by atoms with E-state index in [0.29, 0.717) is 18.0 Å². The van der Waals surface area contributed by atoms with Gasteiger partial charge >= 0.3 is 0 Å². The highest BCUT2D eigenvalue weighted by molar-refractivity contribution is 5.69. The molecule has 2 aromatic heterocycles. The van der Waals surface area contributed by atoms with Gasteiger partial charge in [0, 0.05) is 30.6 Å². The third-order valence-corrected chi connectivity index (χ3v) is 6.04. The fraction of sp³-hybridized carbons (Fsp3) is 0.222. The van der Waals surface area contributed by atoms with Crippen LogP contribution < -0.4 is 15.4 Å². The minimum atomic E-state index is -0.118. The molecular weight excluding hydrogens is 424 g/mol.